The van der Waals surface area contributed by atoms with E-state index >= 15 is 0 Å². The average Bonchev–Trinajstić information content (AvgIpc) is 0. The first-order valence-corrected chi connectivity index (χ1v) is 0. The summed E-state index contributed by atoms with van der Waals surface area (Å²) in [4.78, 5) is 0. The van der Waals surface area contributed by atoms with Gasteiger partial charge >= 0.3 is 0 Å². The molecule has 0 saturated heterocycles. The van der Waals surface area contributed by atoms with Gasteiger partial charge in [0.05, 0.1) is 0 Å². The molecule has 0 bridgehead atoms. The Labute approximate surface area is 78.7 Å². The molecule has 0 aliphatic rings. The molecule has 0 radical (unpaired) electrons. The smallest absolute Gasteiger partial charge is 0 e. The van der Waals surface area contributed by atoms with Crippen molar-refractivity contribution in [2.45, 2.75) is 0 Å². The van der Waals surface area contributed by atoms with Gasteiger partial charge in [-0.15, -0.1) is 62.0 Å². The van der Waals surface area contributed by atoms with Crippen molar-refractivity contribution in [3.8, 4) is 0 Å². The van der Waals surface area contributed by atoms with Gasteiger partial charge in [-0.05, 0) is 0 Å². The third-order valence-electron chi connectivity index (χ3n) is 0. The summed E-state index contributed by atoms with van der Waals surface area (Å²) in [5.41, 5.74) is 0. The number of rotatable bonds is 0. The zero-order valence-electron chi connectivity index (χ0n) is 2.39. The fourth-order valence-corrected chi connectivity index (χ4v) is 0. The molecule has 0 heterocycles. The van der Waals surface area contributed by atoms with Gasteiger partial charge < -0.3 is 0 Å². The van der Waals surface area contributed by atoms with Gasteiger partial charge in [-0.25, -0.2) is 0 Å². The molecular weight excluding hydrogens is 233 g/mol. The fourth-order valence-electron chi connectivity index (χ4n) is 0. The summed E-state index contributed by atoms with van der Waals surface area (Å²) in [7, 11) is 0. The summed E-state index contributed by atoms with van der Waals surface area (Å²) < 4.78 is 0. The second-order valence-corrected chi connectivity index (χ2v) is 0. The van der Waals surface area contributed by atoms with E-state index in [0.29, 0.717) is 0 Å². The predicted molar refractivity (Wildman–Crippen MR) is 36.2 cm³/mol. The van der Waals surface area contributed by atoms with E-state index in [0.717, 1.165) is 0 Å². The van der Waals surface area contributed by atoms with Crippen LogP contribution in [0.4, 0.5) is 0 Å². The molecule has 0 aliphatic heterocycles. The summed E-state index contributed by atoms with van der Waals surface area (Å²) in [6.07, 6.45) is 0. The Kier molecular flexibility index (Phi) is 1060. The van der Waals surface area contributed by atoms with Crippen LogP contribution in [0, 0.1) is 0 Å². The van der Waals surface area contributed by atoms with E-state index in [9.17, 15) is 0 Å². The Morgan fingerprint density at radius 2 is 0.333 bits per heavy atom. The Bertz CT molecular complexity index is 3.90. The fraction of sp³-hybridized carbons (Fsp3) is 0. The third-order valence-corrected chi connectivity index (χ3v) is 0. The Balaban J connectivity index is 0. The van der Waals surface area contributed by atoms with E-state index in [1.807, 2.05) is 0 Å². The maximum absolute atomic E-state index is 0. The summed E-state index contributed by atoms with van der Waals surface area (Å²) in [5, 5.41) is 0. The average molecular weight is 238 g/mol. The van der Waals surface area contributed by atoms with Gasteiger partial charge in [0.2, 0.25) is 0 Å². The van der Waals surface area contributed by atoms with E-state index in [1.165, 1.54) is 0 Å². The number of hydrogen-bond acceptors (Lipinski definition) is 0. The monoisotopic (exact) mass is 236 g/mol. The van der Waals surface area contributed by atoms with Crippen LogP contribution in [0.5, 0.6) is 0 Å². The molecular formula is H5Cl5Fe. The maximum Gasteiger partial charge on any atom is 0 e. The molecule has 0 unspecified atom stereocenters. The standard InChI is InChI=1S/5ClH.Fe/h5*1H;. The normalized spacial score (nSPS) is 0. The molecule has 0 aromatic rings. The molecule has 6 heavy (non-hydrogen) atoms. The van der Waals surface area contributed by atoms with E-state index < -0.39 is 0 Å². The van der Waals surface area contributed by atoms with Gasteiger partial charge in [0.15, 0.2) is 0 Å². The van der Waals surface area contributed by atoms with Crippen molar-refractivity contribution in [1.29, 1.82) is 0 Å². The van der Waals surface area contributed by atoms with Gasteiger partial charge in [-0.1, -0.05) is 0 Å². The Morgan fingerprint density at radius 1 is 0.333 bits per heavy atom. The SMILES string of the molecule is Cl.Cl.Cl.Cl.Cl.[Fe]. The third kappa shape index (κ3) is 38.0. The minimum Gasteiger partial charge on any atom is -0.147 e. The first-order chi connectivity index (χ1) is 0. The van der Waals surface area contributed by atoms with Crippen LogP contribution >= 0.6 is 62.0 Å². The van der Waals surface area contributed by atoms with Crippen LogP contribution in [0.25, 0.3) is 0 Å². The molecule has 0 nitrogen and oxygen atoms in total. The molecule has 0 amide bonds. The van der Waals surface area contributed by atoms with Crippen molar-refractivity contribution in [1.82, 2.24) is 0 Å². The van der Waals surface area contributed by atoms with Crippen LogP contribution in [0.1, 0.15) is 0 Å². The molecule has 48 valence electrons. The van der Waals surface area contributed by atoms with E-state index in [1.54, 1.807) is 0 Å². The first-order valence-electron chi connectivity index (χ1n) is 0. The van der Waals surface area contributed by atoms with Crippen LogP contribution in [0.15, 0.2) is 0 Å². The maximum atomic E-state index is 0. The quantitative estimate of drug-likeness (QED) is 0.567. The predicted octanol–water partition coefficient (Wildman–Crippen LogP) is 2.11. The van der Waals surface area contributed by atoms with Gasteiger partial charge in [0, 0.05) is 17.1 Å². The Morgan fingerprint density at radius 3 is 0.333 bits per heavy atom. The van der Waals surface area contributed by atoms with Crippen molar-refractivity contribution in [2.75, 3.05) is 0 Å². The minimum absolute atomic E-state index is 0. The molecule has 0 aromatic heterocycles. The molecule has 0 saturated carbocycles. The van der Waals surface area contributed by atoms with E-state index in [4.69, 9.17) is 0 Å². The molecule has 0 atom stereocenters. The van der Waals surface area contributed by atoms with Crippen molar-refractivity contribution in [3.05, 3.63) is 0 Å². The molecule has 0 spiro atoms. The van der Waals surface area contributed by atoms with Gasteiger partial charge in [0.25, 0.3) is 0 Å². The Hall–Kier alpha value is 1.97. The first kappa shape index (κ1) is 99.8. The molecule has 0 N–H and O–H groups in total. The second kappa shape index (κ2) is 64.0. The zero-order valence-corrected chi connectivity index (χ0v) is 7.58. The summed E-state index contributed by atoms with van der Waals surface area (Å²) >= 11 is 0. The van der Waals surface area contributed by atoms with Crippen LogP contribution < -0.4 is 0 Å². The minimum atomic E-state index is 0. The van der Waals surface area contributed by atoms with Crippen LogP contribution in [0.3, 0.4) is 0 Å². The van der Waals surface area contributed by atoms with E-state index in [2.05, 4.69) is 0 Å². The van der Waals surface area contributed by atoms with Crippen molar-refractivity contribution < 1.29 is 17.1 Å². The molecule has 0 aromatic carbocycles. The summed E-state index contributed by atoms with van der Waals surface area (Å²) in [6, 6.07) is 0. The molecule has 0 rings (SSSR count). The topological polar surface area (TPSA) is 0 Å². The second-order valence-electron chi connectivity index (χ2n) is 0. The largest absolute Gasteiger partial charge is 0.147 e. The molecule has 0 fully saturated rings. The summed E-state index contributed by atoms with van der Waals surface area (Å²) in [6.45, 7) is 0. The van der Waals surface area contributed by atoms with Gasteiger partial charge in [-0.2, -0.15) is 0 Å². The van der Waals surface area contributed by atoms with Crippen molar-refractivity contribution in [2.24, 2.45) is 0 Å². The summed E-state index contributed by atoms with van der Waals surface area (Å²) in [5.74, 6) is 0. The van der Waals surface area contributed by atoms with E-state index in [-0.39, 0.29) is 79.1 Å². The number of hydrogen-bond donors (Lipinski definition) is 0. The zero-order chi connectivity index (χ0) is 0. The van der Waals surface area contributed by atoms with Crippen LogP contribution in [0.2, 0.25) is 0 Å². The van der Waals surface area contributed by atoms with Crippen molar-refractivity contribution in [3.63, 3.8) is 0 Å². The van der Waals surface area contributed by atoms with Crippen LogP contribution in [-0.2, 0) is 17.1 Å². The number of halogens is 5. The molecule has 6 heteroatoms. The van der Waals surface area contributed by atoms with Crippen LogP contribution in [-0.4, -0.2) is 0 Å². The van der Waals surface area contributed by atoms with Crippen molar-refractivity contribution >= 4 is 62.0 Å². The molecule has 0 aliphatic carbocycles. The van der Waals surface area contributed by atoms with Gasteiger partial charge in [-0.3, -0.25) is 0 Å². The van der Waals surface area contributed by atoms with Gasteiger partial charge in [0.1, 0.15) is 0 Å².